The molecule has 11 atom stereocenters. The molecule has 5 fully saturated rings. The lowest BCUT2D eigenvalue weighted by Crippen LogP contribution is -2.72. The Morgan fingerprint density at radius 3 is 2.47 bits per heavy atom. The molecule has 0 aromatic rings. The predicted octanol–water partition coefficient (Wildman–Crippen LogP) is 5.26. The van der Waals surface area contributed by atoms with Gasteiger partial charge in [-0.3, -0.25) is 4.79 Å². The van der Waals surface area contributed by atoms with E-state index in [2.05, 4.69) is 34.6 Å². The number of esters is 1. The van der Waals surface area contributed by atoms with E-state index in [1.165, 1.54) is 45.4 Å². The van der Waals surface area contributed by atoms with Crippen molar-refractivity contribution >= 4 is 5.97 Å². The van der Waals surface area contributed by atoms with Crippen molar-refractivity contribution in [1.82, 2.24) is 0 Å². The summed E-state index contributed by atoms with van der Waals surface area (Å²) in [6.45, 7) is 13.2. The highest BCUT2D eigenvalue weighted by atomic mass is 16.6. The minimum atomic E-state index is -1.27. The smallest absolute Gasteiger partial charge is 0.302 e. The highest BCUT2D eigenvalue weighted by Crippen LogP contribution is 2.77. The monoisotopic (exact) mass is 476 g/mol. The Hall–Kier alpha value is -0.650. The van der Waals surface area contributed by atoms with Gasteiger partial charge in [-0.05, 0) is 73.5 Å². The number of epoxide rings is 1. The van der Waals surface area contributed by atoms with Crippen LogP contribution in [0.1, 0.15) is 106 Å². The van der Waals surface area contributed by atoms with Gasteiger partial charge in [0.2, 0.25) is 0 Å². The molecule has 0 radical (unpaired) electrons. The lowest BCUT2D eigenvalue weighted by Gasteiger charge is -2.63. The Morgan fingerprint density at radius 1 is 1.06 bits per heavy atom. The Morgan fingerprint density at radius 2 is 1.79 bits per heavy atom. The Labute approximate surface area is 206 Å². The van der Waals surface area contributed by atoms with Crippen LogP contribution in [0.25, 0.3) is 0 Å². The van der Waals surface area contributed by atoms with Gasteiger partial charge in [0.05, 0.1) is 0 Å². The summed E-state index contributed by atoms with van der Waals surface area (Å²) in [5.74, 6) is 2.61. The summed E-state index contributed by atoms with van der Waals surface area (Å²) < 4.78 is 12.1. The minimum absolute atomic E-state index is 0.253. The van der Waals surface area contributed by atoms with E-state index < -0.39 is 17.1 Å². The number of aliphatic hydroxyl groups is 2. The Bertz CT molecular complexity index is 812. The molecule has 1 heterocycles. The summed E-state index contributed by atoms with van der Waals surface area (Å²) in [6.07, 6.45) is 8.92. The summed E-state index contributed by atoms with van der Waals surface area (Å²) >= 11 is 0. The van der Waals surface area contributed by atoms with Crippen molar-refractivity contribution in [3.8, 4) is 0 Å². The van der Waals surface area contributed by atoms with Crippen LogP contribution in [0.5, 0.6) is 0 Å². The zero-order valence-electron chi connectivity index (χ0n) is 22.3. The summed E-state index contributed by atoms with van der Waals surface area (Å²) in [6, 6.07) is 0. The minimum Gasteiger partial charge on any atom is -0.462 e. The Balaban J connectivity index is 1.39. The zero-order chi connectivity index (χ0) is 24.7. The maximum Gasteiger partial charge on any atom is 0.302 e. The van der Waals surface area contributed by atoms with Crippen LogP contribution in [0.15, 0.2) is 0 Å². The van der Waals surface area contributed by atoms with Gasteiger partial charge in [0.25, 0.3) is 0 Å². The van der Waals surface area contributed by atoms with E-state index in [0.29, 0.717) is 12.3 Å². The van der Waals surface area contributed by atoms with Crippen LogP contribution in [0, 0.1) is 40.4 Å². The van der Waals surface area contributed by atoms with E-state index in [0.717, 1.165) is 37.0 Å². The quantitative estimate of drug-likeness (QED) is 0.404. The third-order valence-electron chi connectivity index (χ3n) is 11.7. The summed E-state index contributed by atoms with van der Waals surface area (Å²) in [7, 11) is 0. The van der Waals surface area contributed by atoms with Crippen molar-refractivity contribution in [3.63, 3.8) is 0 Å². The third kappa shape index (κ3) is 3.31. The molecule has 0 aromatic heterocycles. The maximum absolute atomic E-state index is 12.0. The fourth-order valence-corrected chi connectivity index (χ4v) is 10.0. The molecular weight excluding hydrogens is 428 g/mol. The van der Waals surface area contributed by atoms with E-state index in [1.807, 2.05) is 0 Å². The molecule has 5 heteroatoms. The highest BCUT2D eigenvalue weighted by molar-refractivity contribution is 5.66. The molecule has 1 spiro atoms. The molecule has 1 aliphatic heterocycles. The van der Waals surface area contributed by atoms with Crippen molar-refractivity contribution in [3.05, 3.63) is 0 Å². The van der Waals surface area contributed by atoms with E-state index in [4.69, 9.17) is 9.47 Å². The molecule has 2 N–H and O–H groups in total. The topological polar surface area (TPSA) is 79.3 Å². The first-order valence-electron chi connectivity index (χ1n) is 14.2. The van der Waals surface area contributed by atoms with E-state index in [-0.39, 0.29) is 35.1 Å². The second-order valence-corrected chi connectivity index (χ2v) is 13.8. The van der Waals surface area contributed by atoms with Gasteiger partial charge < -0.3 is 19.7 Å². The largest absolute Gasteiger partial charge is 0.462 e. The maximum atomic E-state index is 12.0. The van der Waals surface area contributed by atoms with Gasteiger partial charge in [0, 0.05) is 18.8 Å². The number of hydrogen-bond donors (Lipinski definition) is 2. The van der Waals surface area contributed by atoms with Gasteiger partial charge in [-0.1, -0.05) is 53.9 Å². The van der Waals surface area contributed by atoms with Crippen LogP contribution in [-0.4, -0.2) is 45.7 Å². The van der Waals surface area contributed by atoms with Crippen LogP contribution < -0.4 is 0 Å². The average Bonchev–Trinajstić information content (AvgIpc) is 3.35. The fraction of sp³-hybridized carbons (Fsp3) is 0.966. The number of ether oxygens (including phenoxy) is 2. The van der Waals surface area contributed by atoms with E-state index >= 15 is 0 Å². The normalized spacial score (nSPS) is 52.3. The van der Waals surface area contributed by atoms with Crippen molar-refractivity contribution in [2.24, 2.45) is 40.4 Å². The Kier molecular flexibility index (Phi) is 6.02. The molecule has 4 saturated carbocycles. The lowest BCUT2D eigenvalue weighted by atomic mass is 9.42. The van der Waals surface area contributed by atoms with Gasteiger partial charge >= 0.3 is 5.97 Å². The predicted molar refractivity (Wildman–Crippen MR) is 131 cm³/mol. The number of hydrogen-bond acceptors (Lipinski definition) is 5. The first kappa shape index (κ1) is 25.0. The number of rotatable bonds is 6. The molecule has 5 nitrogen and oxygen atoms in total. The molecule has 5 aliphatic rings. The van der Waals surface area contributed by atoms with Gasteiger partial charge in [-0.2, -0.15) is 0 Å². The van der Waals surface area contributed by atoms with Crippen molar-refractivity contribution in [2.45, 2.75) is 135 Å². The van der Waals surface area contributed by atoms with Gasteiger partial charge in [0.15, 0.2) is 0 Å². The molecule has 0 bridgehead atoms. The van der Waals surface area contributed by atoms with Gasteiger partial charge in [0.1, 0.15) is 29.5 Å². The fourth-order valence-electron chi connectivity index (χ4n) is 10.0. The molecule has 0 amide bonds. The van der Waals surface area contributed by atoms with Crippen LogP contribution in [0.2, 0.25) is 0 Å². The number of fused-ring (bicyclic) bond motifs is 3. The zero-order valence-corrected chi connectivity index (χ0v) is 22.3. The second-order valence-electron chi connectivity index (χ2n) is 13.8. The lowest BCUT2D eigenvalue weighted by molar-refractivity contribution is -0.249. The van der Waals surface area contributed by atoms with Crippen molar-refractivity contribution in [2.75, 3.05) is 0 Å². The van der Waals surface area contributed by atoms with Crippen LogP contribution in [0.4, 0.5) is 0 Å². The van der Waals surface area contributed by atoms with Crippen molar-refractivity contribution < 1.29 is 24.5 Å². The number of aliphatic hydroxyl groups excluding tert-OH is 1. The highest BCUT2D eigenvalue weighted by Gasteiger charge is 2.84. The average molecular weight is 477 g/mol. The first-order chi connectivity index (χ1) is 15.9. The van der Waals surface area contributed by atoms with Crippen LogP contribution >= 0.6 is 0 Å². The standard InChI is InChI=1S/C29H48O5/c1-17(2)8-7-9-18(3)21-10-11-22-26(21,5)14-13-23-27(6)15-12-20(33-19(4)30)16-28(27,32)24(31)25-29(22,23)34-25/h17-18,20-25,31-32H,7-16H2,1-6H3. The summed E-state index contributed by atoms with van der Waals surface area (Å²) in [5, 5.41) is 23.6. The van der Waals surface area contributed by atoms with Crippen LogP contribution in [0.3, 0.4) is 0 Å². The van der Waals surface area contributed by atoms with E-state index in [1.54, 1.807) is 0 Å². The number of carbonyl (C=O) groups excluding carboxylic acids is 1. The molecular formula is C29H48O5. The molecule has 5 rings (SSSR count). The molecule has 194 valence electrons. The van der Waals surface area contributed by atoms with Crippen LogP contribution in [-0.2, 0) is 14.3 Å². The van der Waals surface area contributed by atoms with E-state index in [9.17, 15) is 15.0 Å². The molecule has 1 saturated heterocycles. The SMILES string of the molecule is CC(=O)OC1CCC2(C)C3CCC4(C)C(C(C)CCCC(C)C)CCC4C34OC4C(O)C2(O)C1. The summed E-state index contributed by atoms with van der Waals surface area (Å²) in [5.41, 5.74) is -1.72. The summed E-state index contributed by atoms with van der Waals surface area (Å²) in [4.78, 5) is 11.6. The molecule has 0 aromatic carbocycles. The first-order valence-corrected chi connectivity index (χ1v) is 14.2. The molecule has 34 heavy (non-hydrogen) atoms. The third-order valence-corrected chi connectivity index (χ3v) is 11.7. The number of carbonyl (C=O) groups is 1. The van der Waals surface area contributed by atoms with Gasteiger partial charge in [-0.15, -0.1) is 0 Å². The molecule has 11 unspecified atom stereocenters. The molecule has 4 aliphatic carbocycles. The second kappa shape index (κ2) is 8.18. The van der Waals surface area contributed by atoms with Gasteiger partial charge in [-0.25, -0.2) is 0 Å². The van der Waals surface area contributed by atoms with Crippen molar-refractivity contribution in [1.29, 1.82) is 0 Å².